The zero-order valence-electron chi connectivity index (χ0n) is 14.9. The van der Waals surface area contributed by atoms with E-state index in [-0.39, 0.29) is 5.92 Å². The van der Waals surface area contributed by atoms with Crippen LogP contribution in [-0.4, -0.2) is 29.0 Å². The Morgan fingerprint density at radius 1 is 1.21 bits per heavy atom. The number of carbonyl (C=O) groups is 1. The number of carbonyl (C=O) groups excluding carboxylic acids is 1. The van der Waals surface area contributed by atoms with E-state index in [1.807, 2.05) is 6.92 Å². The minimum atomic E-state index is -4.74. The molecule has 0 radical (unpaired) electrons. The summed E-state index contributed by atoms with van der Waals surface area (Å²) in [5.41, 5.74) is -3.59. The second kappa shape index (κ2) is 6.50. The van der Waals surface area contributed by atoms with Crippen LogP contribution in [0.25, 0.3) is 0 Å². The molecule has 24 heavy (non-hydrogen) atoms. The highest BCUT2D eigenvalue weighted by molar-refractivity contribution is 5.76. The van der Waals surface area contributed by atoms with Crippen LogP contribution in [0.15, 0.2) is 0 Å². The molecule has 0 aromatic heterocycles. The topological polar surface area (TPSA) is 46.5 Å². The summed E-state index contributed by atoms with van der Waals surface area (Å²) in [6, 6.07) is 0. The summed E-state index contributed by atoms with van der Waals surface area (Å²) in [5.74, 6) is 0.280. The van der Waals surface area contributed by atoms with E-state index in [2.05, 4.69) is 0 Å². The van der Waals surface area contributed by atoms with E-state index in [1.165, 1.54) is 0 Å². The first-order valence-corrected chi connectivity index (χ1v) is 8.87. The van der Waals surface area contributed by atoms with Gasteiger partial charge in [0.25, 0.3) is 0 Å². The highest BCUT2D eigenvalue weighted by Gasteiger charge is 2.54. The average Bonchev–Trinajstić information content (AvgIpc) is 3.07. The lowest BCUT2D eigenvalue weighted by molar-refractivity contribution is -0.264. The number of hydrogen-bond acceptors (Lipinski definition) is 3. The minimum Gasteiger partial charge on any atom is -0.462 e. The third kappa shape index (κ3) is 3.89. The lowest BCUT2D eigenvalue weighted by Gasteiger charge is -2.37. The van der Waals surface area contributed by atoms with Gasteiger partial charge in [-0.25, -0.2) is 0 Å². The Bertz CT molecular complexity index is 471. The molecule has 0 spiro atoms. The summed E-state index contributed by atoms with van der Waals surface area (Å²) in [7, 11) is 0. The van der Waals surface area contributed by atoms with Gasteiger partial charge in [-0.3, -0.25) is 4.79 Å². The summed E-state index contributed by atoms with van der Waals surface area (Å²) >= 11 is 0. The van der Waals surface area contributed by atoms with E-state index in [1.54, 1.807) is 13.8 Å². The predicted octanol–water partition coefficient (Wildman–Crippen LogP) is 4.47. The second-order valence-electron chi connectivity index (χ2n) is 8.50. The number of alkyl halides is 3. The van der Waals surface area contributed by atoms with E-state index < -0.39 is 35.7 Å². The fourth-order valence-corrected chi connectivity index (χ4v) is 3.98. The van der Waals surface area contributed by atoms with E-state index >= 15 is 0 Å². The zero-order chi connectivity index (χ0) is 18.3. The third-order valence-electron chi connectivity index (χ3n) is 6.17. The summed E-state index contributed by atoms with van der Waals surface area (Å²) < 4.78 is 44.9. The molecule has 0 aromatic rings. The van der Waals surface area contributed by atoms with Crippen molar-refractivity contribution in [3.63, 3.8) is 0 Å². The molecule has 3 nitrogen and oxygen atoms in total. The van der Waals surface area contributed by atoms with Crippen LogP contribution < -0.4 is 0 Å². The second-order valence-corrected chi connectivity index (χ2v) is 8.50. The molecule has 6 heteroatoms. The van der Waals surface area contributed by atoms with Crippen molar-refractivity contribution in [1.82, 2.24) is 0 Å². The number of halogens is 3. The van der Waals surface area contributed by atoms with Gasteiger partial charge in [-0.15, -0.1) is 0 Å². The van der Waals surface area contributed by atoms with Crippen molar-refractivity contribution in [2.45, 2.75) is 84.1 Å². The fraction of sp³-hybridized carbons (Fsp3) is 0.944. The van der Waals surface area contributed by atoms with Crippen molar-refractivity contribution >= 4 is 5.97 Å². The summed E-state index contributed by atoms with van der Waals surface area (Å²) in [5, 5.41) is 9.91. The average molecular weight is 350 g/mol. The molecule has 2 aliphatic rings. The van der Waals surface area contributed by atoms with Crippen molar-refractivity contribution in [2.75, 3.05) is 0 Å². The zero-order valence-corrected chi connectivity index (χ0v) is 14.9. The Morgan fingerprint density at radius 2 is 1.83 bits per heavy atom. The van der Waals surface area contributed by atoms with Gasteiger partial charge < -0.3 is 9.84 Å². The molecule has 2 fully saturated rings. The van der Waals surface area contributed by atoms with E-state index in [4.69, 9.17) is 4.74 Å². The van der Waals surface area contributed by atoms with Crippen LogP contribution >= 0.6 is 0 Å². The molecule has 0 saturated heterocycles. The number of aliphatic hydroxyl groups is 1. The predicted molar refractivity (Wildman–Crippen MR) is 84.2 cm³/mol. The lowest BCUT2D eigenvalue weighted by Crippen LogP contribution is -2.48. The first kappa shape index (κ1) is 19.5. The molecule has 140 valence electrons. The maximum absolute atomic E-state index is 13.1. The molecule has 0 aliphatic heterocycles. The number of rotatable bonds is 6. The van der Waals surface area contributed by atoms with Crippen molar-refractivity contribution in [1.29, 1.82) is 0 Å². The van der Waals surface area contributed by atoms with Crippen molar-refractivity contribution < 1.29 is 27.8 Å². The Balaban J connectivity index is 2.17. The van der Waals surface area contributed by atoms with Crippen LogP contribution in [-0.2, 0) is 9.53 Å². The van der Waals surface area contributed by atoms with Crippen LogP contribution in [0.3, 0.4) is 0 Å². The van der Waals surface area contributed by atoms with Gasteiger partial charge >= 0.3 is 12.1 Å². The molecule has 5 unspecified atom stereocenters. The Labute approximate surface area is 141 Å². The lowest BCUT2D eigenvalue weighted by atomic mass is 9.80. The summed E-state index contributed by atoms with van der Waals surface area (Å²) in [6.07, 6.45) is -1.77. The quantitative estimate of drug-likeness (QED) is 0.719. The first-order valence-electron chi connectivity index (χ1n) is 8.87. The molecule has 0 amide bonds. The minimum absolute atomic E-state index is 0.0748. The maximum atomic E-state index is 13.1. The van der Waals surface area contributed by atoms with E-state index in [0.29, 0.717) is 18.3 Å². The molecule has 5 atom stereocenters. The molecule has 0 heterocycles. The van der Waals surface area contributed by atoms with Crippen LogP contribution in [0.1, 0.15) is 66.2 Å². The smallest absolute Gasteiger partial charge is 0.417 e. The Hall–Kier alpha value is -0.780. The van der Waals surface area contributed by atoms with Crippen LogP contribution in [0.2, 0.25) is 0 Å². The molecular weight excluding hydrogens is 321 g/mol. The highest BCUT2D eigenvalue weighted by Crippen LogP contribution is 2.52. The normalized spacial score (nSPS) is 30.9. The van der Waals surface area contributed by atoms with Gasteiger partial charge in [0, 0.05) is 6.42 Å². The van der Waals surface area contributed by atoms with Crippen LogP contribution in [0.4, 0.5) is 13.2 Å². The van der Waals surface area contributed by atoms with Gasteiger partial charge in [0.05, 0.1) is 5.41 Å². The molecule has 2 rings (SSSR count). The van der Waals surface area contributed by atoms with Gasteiger partial charge in [0.15, 0.2) is 5.60 Å². The molecular formula is C18H29F3O3. The molecule has 2 bridgehead atoms. The third-order valence-corrected chi connectivity index (χ3v) is 6.17. The SMILES string of the molecule is CCC(C)(C)C(=O)OC(CC(C)(O)C(F)(F)F)C1CC2CCC1C2. The van der Waals surface area contributed by atoms with Gasteiger partial charge in [-0.1, -0.05) is 13.3 Å². The number of hydrogen-bond donors (Lipinski definition) is 1. The monoisotopic (exact) mass is 350 g/mol. The first-order chi connectivity index (χ1) is 10.9. The van der Waals surface area contributed by atoms with Crippen LogP contribution in [0, 0.1) is 23.2 Å². The van der Waals surface area contributed by atoms with Crippen molar-refractivity contribution in [3.8, 4) is 0 Å². The fourth-order valence-electron chi connectivity index (χ4n) is 3.98. The highest BCUT2D eigenvalue weighted by atomic mass is 19.4. The molecule has 0 aromatic carbocycles. The van der Waals surface area contributed by atoms with Crippen molar-refractivity contribution in [2.24, 2.45) is 23.2 Å². The maximum Gasteiger partial charge on any atom is 0.417 e. The molecule has 2 aliphatic carbocycles. The number of ether oxygens (including phenoxy) is 1. The van der Waals surface area contributed by atoms with Gasteiger partial charge in [0.2, 0.25) is 0 Å². The van der Waals surface area contributed by atoms with Gasteiger partial charge in [-0.2, -0.15) is 13.2 Å². The van der Waals surface area contributed by atoms with Crippen molar-refractivity contribution in [3.05, 3.63) is 0 Å². The standard InChI is InChI=1S/C18H29F3O3/c1-5-16(2,3)15(22)24-14(10-17(4,23)18(19,20)21)13-9-11-6-7-12(13)8-11/h11-14,23H,5-10H2,1-4H3. The van der Waals surface area contributed by atoms with E-state index in [9.17, 15) is 23.1 Å². The molecule has 2 saturated carbocycles. The Kier molecular flexibility index (Phi) is 5.30. The molecule has 1 N–H and O–H groups in total. The van der Waals surface area contributed by atoms with Crippen LogP contribution in [0.5, 0.6) is 0 Å². The summed E-state index contributed by atoms with van der Waals surface area (Å²) in [6.45, 7) is 6.08. The Morgan fingerprint density at radius 3 is 2.25 bits per heavy atom. The number of fused-ring (bicyclic) bond motifs is 2. The summed E-state index contributed by atoms with van der Waals surface area (Å²) in [4.78, 5) is 12.4. The van der Waals surface area contributed by atoms with Gasteiger partial charge in [0.1, 0.15) is 6.10 Å². The van der Waals surface area contributed by atoms with Gasteiger partial charge in [-0.05, 0) is 64.2 Å². The van der Waals surface area contributed by atoms with E-state index in [0.717, 1.165) is 32.6 Å². The number of esters is 1. The largest absolute Gasteiger partial charge is 0.462 e.